The van der Waals surface area contributed by atoms with Crippen LogP contribution in [0.5, 0.6) is 0 Å². The van der Waals surface area contributed by atoms with Crippen LogP contribution in [0.4, 0.5) is 0 Å². The van der Waals surface area contributed by atoms with E-state index in [-0.39, 0.29) is 0 Å². The molecule has 2 aliphatic rings. The topological polar surface area (TPSA) is 3.24 Å². The van der Waals surface area contributed by atoms with Gasteiger partial charge in [-0.3, -0.25) is 4.90 Å². The average Bonchev–Trinajstić information content (AvgIpc) is 2.56. The summed E-state index contributed by atoms with van der Waals surface area (Å²) < 4.78 is 0. The fraction of sp³-hybridized carbons (Fsp3) is 0.429. The molecule has 1 atom stereocenters. The van der Waals surface area contributed by atoms with Gasteiger partial charge >= 0.3 is 0 Å². The summed E-state index contributed by atoms with van der Waals surface area (Å²) in [6.45, 7) is 5.95. The van der Waals surface area contributed by atoms with Gasteiger partial charge in [0.1, 0.15) is 0 Å². The highest BCUT2D eigenvalue weighted by Gasteiger charge is 2.18. The minimum atomic E-state index is 0.874. The van der Waals surface area contributed by atoms with Crippen molar-refractivity contribution < 1.29 is 0 Å². The molecule has 1 aliphatic heterocycles. The smallest absolute Gasteiger partial charge is 0.0233 e. The molecule has 1 saturated heterocycles. The highest BCUT2D eigenvalue weighted by molar-refractivity contribution is 5.31. The molecule has 0 saturated carbocycles. The molecule has 1 heteroatoms. The Hall–Kier alpha value is -1.08. The number of allylic oxidation sites excluding steroid dienone is 6. The van der Waals surface area contributed by atoms with Crippen LogP contribution in [0.1, 0.15) is 13.3 Å². The average molecular weight is 201 g/mol. The molecule has 0 N–H and O–H groups in total. The summed E-state index contributed by atoms with van der Waals surface area (Å²) in [4.78, 5) is 2.54. The van der Waals surface area contributed by atoms with Gasteiger partial charge in [0.2, 0.25) is 0 Å². The maximum atomic E-state index is 2.54. The first-order valence-electron chi connectivity index (χ1n) is 5.77. The Balaban J connectivity index is 1.93. The molecular weight excluding hydrogens is 182 g/mol. The van der Waals surface area contributed by atoms with Crippen LogP contribution in [0.25, 0.3) is 0 Å². The standard InChI is InChI=1S/C14H19N/c1-13-9-10-15(11-13)12-14-7-5-3-2-4-6-8-14/h2-8,13H,9-12H2,1H3/b3-2+,4-2?,5-3?,6-4-,7-5+,8-6?,14-7?,14-8+. The second-order valence-electron chi connectivity index (χ2n) is 4.50. The van der Waals surface area contributed by atoms with Crippen LogP contribution >= 0.6 is 0 Å². The molecule has 0 radical (unpaired) electrons. The third-order valence-electron chi connectivity index (χ3n) is 2.98. The molecule has 0 aromatic carbocycles. The fourth-order valence-corrected chi connectivity index (χ4v) is 2.14. The van der Waals surface area contributed by atoms with Crippen molar-refractivity contribution in [2.75, 3.05) is 19.6 Å². The first-order valence-corrected chi connectivity index (χ1v) is 5.77. The quantitative estimate of drug-likeness (QED) is 0.664. The summed E-state index contributed by atoms with van der Waals surface area (Å²) >= 11 is 0. The highest BCUT2D eigenvalue weighted by Crippen LogP contribution is 2.16. The van der Waals surface area contributed by atoms with Gasteiger partial charge in [0.25, 0.3) is 0 Å². The molecule has 15 heavy (non-hydrogen) atoms. The third kappa shape index (κ3) is 3.21. The lowest BCUT2D eigenvalue weighted by atomic mass is 10.1. The van der Waals surface area contributed by atoms with Gasteiger partial charge in [0, 0.05) is 13.1 Å². The fourth-order valence-electron chi connectivity index (χ4n) is 2.14. The van der Waals surface area contributed by atoms with E-state index < -0.39 is 0 Å². The van der Waals surface area contributed by atoms with Crippen molar-refractivity contribution >= 4 is 0 Å². The van der Waals surface area contributed by atoms with Gasteiger partial charge in [-0.05, 0) is 24.5 Å². The lowest BCUT2D eigenvalue weighted by Gasteiger charge is -2.15. The first kappa shape index (κ1) is 10.4. The summed E-state index contributed by atoms with van der Waals surface area (Å²) in [5.74, 6) is 0.874. The molecule has 0 aromatic heterocycles. The van der Waals surface area contributed by atoms with E-state index in [0.717, 1.165) is 12.5 Å². The number of likely N-dealkylation sites (tertiary alicyclic amines) is 1. The van der Waals surface area contributed by atoms with Gasteiger partial charge in [-0.15, -0.1) is 0 Å². The van der Waals surface area contributed by atoms with Crippen LogP contribution in [0, 0.1) is 5.92 Å². The van der Waals surface area contributed by atoms with E-state index >= 15 is 0 Å². The Labute approximate surface area is 92.5 Å². The molecule has 1 nitrogen and oxygen atoms in total. The van der Waals surface area contributed by atoms with Gasteiger partial charge in [-0.2, -0.15) is 0 Å². The van der Waals surface area contributed by atoms with Crippen LogP contribution in [0.3, 0.4) is 0 Å². The predicted molar refractivity (Wildman–Crippen MR) is 65.7 cm³/mol. The zero-order valence-electron chi connectivity index (χ0n) is 9.39. The van der Waals surface area contributed by atoms with Crippen LogP contribution in [-0.4, -0.2) is 24.5 Å². The van der Waals surface area contributed by atoms with E-state index in [4.69, 9.17) is 0 Å². The second-order valence-corrected chi connectivity index (χ2v) is 4.50. The SMILES string of the molecule is CC1CCN(CC2=C/C=C\C=C\C=C\2)C1. The van der Waals surface area contributed by atoms with Crippen LogP contribution in [0.2, 0.25) is 0 Å². The van der Waals surface area contributed by atoms with Crippen LogP contribution < -0.4 is 0 Å². The number of hydrogen-bond acceptors (Lipinski definition) is 1. The van der Waals surface area contributed by atoms with Gasteiger partial charge in [-0.25, -0.2) is 0 Å². The molecule has 1 heterocycles. The molecule has 1 unspecified atom stereocenters. The summed E-state index contributed by atoms with van der Waals surface area (Å²) in [6.07, 6.45) is 16.2. The van der Waals surface area contributed by atoms with Gasteiger partial charge in [0.05, 0.1) is 0 Å². The Morgan fingerprint density at radius 1 is 1.20 bits per heavy atom. The van der Waals surface area contributed by atoms with Gasteiger partial charge in [-0.1, -0.05) is 49.5 Å². The summed E-state index contributed by atoms with van der Waals surface area (Å²) in [6, 6.07) is 0. The Morgan fingerprint density at radius 3 is 2.80 bits per heavy atom. The molecule has 0 spiro atoms. The molecule has 80 valence electrons. The Kier molecular flexibility index (Phi) is 3.57. The van der Waals surface area contributed by atoms with E-state index in [2.05, 4.69) is 54.4 Å². The maximum Gasteiger partial charge on any atom is 0.0233 e. The van der Waals surface area contributed by atoms with E-state index in [9.17, 15) is 0 Å². The molecule has 1 aliphatic carbocycles. The maximum absolute atomic E-state index is 2.54. The molecular formula is C14H19N. The lowest BCUT2D eigenvalue weighted by Crippen LogP contribution is -2.22. The summed E-state index contributed by atoms with van der Waals surface area (Å²) in [7, 11) is 0. The predicted octanol–water partition coefficient (Wildman–Crippen LogP) is 2.94. The second kappa shape index (κ2) is 5.13. The van der Waals surface area contributed by atoms with E-state index in [1.165, 1.54) is 25.1 Å². The van der Waals surface area contributed by atoms with Crippen molar-refractivity contribution in [3.63, 3.8) is 0 Å². The highest BCUT2D eigenvalue weighted by atomic mass is 15.1. The Bertz CT molecular complexity index is 320. The van der Waals surface area contributed by atoms with E-state index in [1.54, 1.807) is 0 Å². The molecule has 0 amide bonds. The third-order valence-corrected chi connectivity index (χ3v) is 2.98. The summed E-state index contributed by atoms with van der Waals surface area (Å²) in [5.41, 5.74) is 1.41. The van der Waals surface area contributed by atoms with Gasteiger partial charge in [0.15, 0.2) is 0 Å². The van der Waals surface area contributed by atoms with Crippen LogP contribution in [0.15, 0.2) is 48.1 Å². The molecule has 1 fully saturated rings. The van der Waals surface area contributed by atoms with Gasteiger partial charge < -0.3 is 0 Å². The normalized spacial score (nSPS) is 36.3. The first-order chi connectivity index (χ1) is 7.34. The zero-order chi connectivity index (χ0) is 10.5. The largest absolute Gasteiger partial charge is 0.299 e. The zero-order valence-corrected chi connectivity index (χ0v) is 9.39. The van der Waals surface area contributed by atoms with E-state index in [0.29, 0.717) is 0 Å². The lowest BCUT2D eigenvalue weighted by molar-refractivity contribution is 0.358. The monoisotopic (exact) mass is 201 g/mol. The Morgan fingerprint density at radius 2 is 2.00 bits per heavy atom. The minimum absolute atomic E-state index is 0.874. The van der Waals surface area contributed by atoms with Crippen molar-refractivity contribution in [2.45, 2.75) is 13.3 Å². The molecule has 0 bridgehead atoms. The van der Waals surface area contributed by atoms with Crippen LogP contribution in [-0.2, 0) is 0 Å². The number of nitrogens with zero attached hydrogens (tertiary/aromatic N) is 1. The number of hydrogen-bond donors (Lipinski definition) is 0. The van der Waals surface area contributed by atoms with Crippen molar-refractivity contribution in [2.24, 2.45) is 5.92 Å². The number of rotatable bonds is 2. The van der Waals surface area contributed by atoms with Crippen molar-refractivity contribution in [3.05, 3.63) is 48.1 Å². The molecule has 0 aromatic rings. The van der Waals surface area contributed by atoms with Crippen molar-refractivity contribution in [1.29, 1.82) is 0 Å². The minimum Gasteiger partial charge on any atom is -0.299 e. The van der Waals surface area contributed by atoms with E-state index in [1.807, 2.05) is 0 Å². The molecule has 2 rings (SSSR count). The van der Waals surface area contributed by atoms with Crippen molar-refractivity contribution in [3.8, 4) is 0 Å². The van der Waals surface area contributed by atoms with Crippen molar-refractivity contribution in [1.82, 2.24) is 4.90 Å². The summed E-state index contributed by atoms with van der Waals surface area (Å²) in [5, 5.41) is 0.